The summed E-state index contributed by atoms with van der Waals surface area (Å²) in [7, 11) is -1.77. The lowest BCUT2D eigenvalue weighted by Crippen LogP contribution is -2.51. The van der Waals surface area contributed by atoms with Crippen molar-refractivity contribution in [1.82, 2.24) is 24.5 Å². The zero-order valence-electron chi connectivity index (χ0n) is 15.0. The van der Waals surface area contributed by atoms with Crippen LogP contribution in [0.3, 0.4) is 0 Å². The van der Waals surface area contributed by atoms with Crippen LogP contribution in [0.1, 0.15) is 31.3 Å². The highest BCUT2D eigenvalue weighted by Gasteiger charge is 2.30. The van der Waals surface area contributed by atoms with Gasteiger partial charge in [-0.2, -0.15) is 5.10 Å². The minimum atomic E-state index is -3.58. The fourth-order valence-corrected chi connectivity index (χ4v) is 3.98. The van der Waals surface area contributed by atoms with E-state index < -0.39 is 10.0 Å². The Morgan fingerprint density at radius 1 is 1.28 bits per heavy atom. The lowest BCUT2D eigenvalue weighted by Gasteiger charge is -2.39. The predicted octanol–water partition coefficient (Wildman–Crippen LogP) is 1.06. The Balaban J connectivity index is 1.55. The number of imidazole rings is 1. The molecule has 136 valence electrons. The number of sulfonamides is 1. The number of aromatic nitrogens is 4. The third-order valence-electron chi connectivity index (χ3n) is 4.31. The Hall–Kier alpha value is -2.00. The largest absolute Gasteiger partial charge is 0.354 e. The Morgan fingerprint density at radius 2 is 2.00 bits per heavy atom. The monoisotopic (exact) mass is 364 g/mol. The van der Waals surface area contributed by atoms with E-state index in [1.165, 1.54) is 0 Å². The van der Waals surface area contributed by atoms with Gasteiger partial charge in [-0.15, -0.1) is 5.10 Å². The van der Waals surface area contributed by atoms with Gasteiger partial charge >= 0.3 is 0 Å². The van der Waals surface area contributed by atoms with Gasteiger partial charge in [-0.05, 0) is 19.1 Å². The van der Waals surface area contributed by atoms with Crippen LogP contribution < -0.4 is 9.62 Å². The molecule has 3 rings (SSSR count). The lowest BCUT2D eigenvalue weighted by molar-refractivity contribution is 0.402. The number of rotatable bonds is 6. The summed E-state index contributed by atoms with van der Waals surface area (Å²) < 4.78 is 29.3. The van der Waals surface area contributed by atoms with Crippen molar-refractivity contribution in [3.05, 3.63) is 29.8 Å². The maximum absolute atomic E-state index is 12.4. The minimum Gasteiger partial charge on any atom is -0.354 e. The van der Waals surface area contributed by atoms with Gasteiger partial charge in [0.25, 0.3) is 10.0 Å². The fourth-order valence-electron chi connectivity index (χ4n) is 2.87. The molecule has 3 heterocycles. The highest BCUT2D eigenvalue weighted by molar-refractivity contribution is 7.89. The maximum atomic E-state index is 12.4. The van der Waals surface area contributed by atoms with Gasteiger partial charge < -0.3 is 9.47 Å². The van der Waals surface area contributed by atoms with Crippen LogP contribution in [0.15, 0.2) is 23.4 Å². The topological polar surface area (TPSA) is 93.0 Å². The number of nitrogens with one attached hydrogen (secondary N) is 1. The van der Waals surface area contributed by atoms with Crippen molar-refractivity contribution in [2.45, 2.75) is 31.7 Å². The third kappa shape index (κ3) is 3.82. The molecule has 0 aliphatic carbocycles. The molecule has 9 heteroatoms. The van der Waals surface area contributed by atoms with Gasteiger partial charge in [-0.25, -0.2) is 18.1 Å². The molecule has 8 nitrogen and oxygen atoms in total. The van der Waals surface area contributed by atoms with Crippen LogP contribution in [0, 0.1) is 12.8 Å². The summed E-state index contributed by atoms with van der Waals surface area (Å²) in [5, 5.41) is 8.27. The van der Waals surface area contributed by atoms with E-state index in [-0.39, 0.29) is 16.9 Å². The first-order valence-corrected chi connectivity index (χ1v) is 9.83. The summed E-state index contributed by atoms with van der Waals surface area (Å²) in [6, 6.07) is 3.86. The quantitative estimate of drug-likeness (QED) is 0.824. The lowest BCUT2D eigenvalue weighted by atomic mass is 10.0. The molecule has 2 aromatic heterocycles. The van der Waals surface area contributed by atoms with Crippen LogP contribution in [-0.4, -0.2) is 47.8 Å². The highest BCUT2D eigenvalue weighted by atomic mass is 32.2. The van der Waals surface area contributed by atoms with E-state index in [9.17, 15) is 8.42 Å². The summed E-state index contributed by atoms with van der Waals surface area (Å²) in [6.07, 6.45) is 1.56. The SMILES string of the molecule is Cc1ccc(N2CC(CNS(=O)(=O)c3cn(C)c(C(C)C)n3)C2)nn1. The molecule has 1 saturated heterocycles. The second-order valence-electron chi connectivity index (χ2n) is 6.86. The summed E-state index contributed by atoms with van der Waals surface area (Å²) in [5.74, 6) is 2.01. The molecule has 1 aliphatic rings. The first-order chi connectivity index (χ1) is 11.8. The summed E-state index contributed by atoms with van der Waals surface area (Å²) in [6.45, 7) is 7.80. The average Bonchev–Trinajstić information content (AvgIpc) is 2.90. The van der Waals surface area contributed by atoms with Crippen molar-refractivity contribution in [2.75, 3.05) is 24.5 Å². The molecule has 0 aromatic carbocycles. The summed E-state index contributed by atoms with van der Waals surface area (Å²) in [4.78, 5) is 6.34. The van der Waals surface area contributed by atoms with E-state index in [0.717, 1.165) is 30.4 Å². The molecular weight excluding hydrogens is 340 g/mol. The van der Waals surface area contributed by atoms with Crippen molar-refractivity contribution >= 4 is 15.8 Å². The number of anilines is 1. The van der Waals surface area contributed by atoms with Gasteiger partial charge in [-0.3, -0.25) is 0 Å². The van der Waals surface area contributed by atoms with Crippen LogP contribution in [0.25, 0.3) is 0 Å². The molecule has 2 aromatic rings. The van der Waals surface area contributed by atoms with Crippen LogP contribution in [0.4, 0.5) is 5.82 Å². The zero-order chi connectivity index (χ0) is 18.2. The highest BCUT2D eigenvalue weighted by Crippen LogP contribution is 2.22. The standard InChI is InChI=1S/C16H24N6O2S/c1-11(2)16-18-15(10-21(16)4)25(23,24)17-7-13-8-22(9-13)14-6-5-12(3)19-20-14/h5-6,10-11,13,17H,7-9H2,1-4H3. The second-order valence-corrected chi connectivity index (χ2v) is 8.57. The summed E-state index contributed by atoms with van der Waals surface area (Å²) >= 11 is 0. The van der Waals surface area contributed by atoms with Gasteiger partial charge in [0.05, 0.1) is 5.69 Å². The zero-order valence-corrected chi connectivity index (χ0v) is 15.8. The normalized spacial score (nSPS) is 15.6. The van der Waals surface area contributed by atoms with E-state index in [0.29, 0.717) is 6.54 Å². The molecule has 25 heavy (non-hydrogen) atoms. The van der Waals surface area contributed by atoms with Crippen molar-refractivity contribution in [3.63, 3.8) is 0 Å². The van der Waals surface area contributed by atoms with E-state index >= 15 is 0 Å². The smallest absolute Gasteiger partial charge is 0.259 e. The van der Waals surface area contributed by atoms with Gasteiger partial charge in [0.1, 0.15) is 5.82 Å². The van der Waals surface area contributed by atoms with E-state index in [1.54, 1.807) is 10.8 Å². The number of hydrogen-bond acceptors (Lipinski definition) is 6. The maximum Gasteiger partial charge on any atom is 0.259 e. The average molecular weight is 364 g/mol. The molecule has 1 N–H and O–H groups in total. The molecule has 1 aliphatic heterocycles. The first-order valence-electron chi connectivity index (χ1n) is 8.34. The van der Waals surface area contributed by atoms with Crippen LogP contribution in [0.5, 0.6) is 0 Å². The van der Waals surface area contributed by atoms with Crippen LogP contribution >= 0.6 is 0 Å². The molecule has 0 atom stereocenters. The molecule has 0 unspecified atom stereocenters. The molecule has 1 fully saturated rings. The minimum absolute atomic E-state index is 0.0827. The van der Waals surface area contributed by atoms with Crippen LogP contribution in [-0.2, 0) is 17.1 Å². The van der Waals surface area contributed by atoms with Crippen LogP contribution in [0.2, 0.25) is 0 Å². The van der Waals surface area contributed by atoms with Crippen molar-refractivity contribution < 1.29 is 8.42 Å². The Kier molecular flexibility index (Phi) is 4.79. The Labute approximate surface area is 148 Å². The van der Waals surface area contributed by atoms with Gasteiger partial charge in [-0.1, -0.05) is 13.8 Å². The van der Waals surface area contributed by atoms with Crippen molar-refractivity contribution in [3.8, 4) is 0 Å². The van der Waals surface area contributed by atoms with Gasteiger partial charge in [0.15, 0.2) is 10.8 Å². The van der Waals surface area contributed by atoms with E-state index in [1.807, 2.05) is 40.0 Å². The Bertz CT molecular complexity index is 838. The van der Waals surface area contributed by atoms with Gasteiger partial charge in [0, 0.05) is 44.7 Å². The van der Waals surface area contributed by atoms with Crippen molar-refractivity contribution in [1.29, 1.82) is 0 Å². The van der Waals surface area contributed by atoms with Gasteiger partial charge in [0.2, 0.25) is 0 Å². The number of nitrogens with zero attached hydrogens (tertiary/aromatic N) is 5. The molecule has 0 saturated carbocycles. The van der Waals surface area contributed by atoms with Crippen molar-refractivity contribution in [2.24, 2.45) is 13.0 Å². The van der Waals surface area contributed by atoms with E-state index in [2.05, 4.69) is 24.8 Å². The molecule has 0 bridgehead atoms. The molecule has 0 amide bonds. The van der Waals surface area contributed by atoms with E-state index in [4.69, 9.17) is 0 Å². The number of aryl methyl sites for hydroxylation is 2. The molecule has 0 spiro atoms. The second kappa shape index (κ2) is 6.72. The first kappa shape index (κ1) is 17.8. The molecule has 0 radical (unpaired) electrons. The predicted molar refractivity (Wildman–Crippen MR) is 95.0 cm³/mol. The fraction of sp³-hybridized carbons (Fsp3) is 0.562. The summed E-state index contributed by atoms with van der Waals surface area (Å²) in [5.41, 5.74) is 0.879. The third-order valence-corrected chi connectivity index (χ3v) is 5.60. The number of hydrogen-bond donors (Lipinski definition) is 1. The molecular formula is C16H24N6O2S. The Morgan fingerprint density at radius 3 is 2.56 bits per heavy atom.